The molecule has 1 aliphatic carbocycles. The Kier molecular flexibility index (Phi) is 6.26. The van der Waals surface area contributed by atoms with Gasteiger partial charge in [-0.2, -0.15) is 13.2 Å². The van der Waals surface area contributed by atoms with Gasteiger partial charge in [-0.25, -0.2) is 0 Å². The van der Waals surface area contributed by atoms with Crippen LogP contribution in [0.2, 0.25) is 0 Å². The fourth-order valence-corrected chi connectivity index (χ4v) is 4.42. The van der Waals surface area contributed by atoms with Gasteiger partial charge in [0.05, 0.1) is 17.5 Å². The third-order valence-corrected chi connectivity index (χ3v) is 6.31. The number of carbonyl (C=O) groups is 2. The molecule has 1 saturated heterocycles. The first kappa shape index (κ1) is 22.4. The van der Waals surface area contributed by atoms with Gasteiger partial charge in [0.1, 0.15) is 0 Å². The molecule has 1 saturated carbocycles. The molecule has 0 spiro atoms. The van der Waals surface area contributed by atoms with Crippen molar-refractivity contribution in [3.8, 4) is 0 Å². The zero-order valence-corrected chi connectivity index (χ0v) is 18.0. The Morgan fingerprint density at radius 1 is 1.00 bits per heavy atom. The summed E-state index contributed by atoms with van der Waals surface area (Å²) in [5.74, 6) is -0.617. The van der Waals surface area contributed by atoms with Crippen LogP contribution in [0.3, 0.4) is 0 Å². The number of alkyl halides is 3. The molecule has 0 unspecified atom stereocenters. The summed E-state index contributed by atoms with van der Waals surface area (Å²) in [6.45, 7) is 2.63. The molecule has 0 bridgehead atoms. The van der Waals surface area contributed by atoms with E-state index in [1.165, 1.54) is 6.07 Å². The van der Waals surface area contributed by atoms with E-state index in [0.29, 0.717) is 24.9 Å². The summed E-state index contributed by atoms with van der Waals surface area (Å²) in [5, 5.41) is 2.96. The van der Waals surface area contributed by atoms with Crippen molar-refractivity contribution in [1.29, 1.82) is 0 Å². The molecular formula is C25H27F3N2O2. The number of benzene rings is 2. The number of amides is 2. The van der Waals surface area contributed by atoms with Crippen molar-refractivity contribution in [3.05, 3.63) is 70.8 Å². The molecule has 4 rings (SSSR count). The summed E-state index contributed by atoms with van der Waals surface area (Å²) in [4.78, 5) is 27.5. The van der Waals surface area contributed by atoms with Gasteiger partial charge < -0.3 is 10.2 Å². The van der Waals surface area contributed by atoms with Crippen molar-refractivity contribution in [2.75, 3.05) is 6.54 Å². The van der Waals surface area contributed by atoms with Gasteiger partial charge in [-0.05, 0) is 55.9 Å². The standard InChI is InChI=1S/C25H27F3N2O2/c1-16-4-2-5-17(12-16)14-29-23(31)20-10-11-22(30(15-20)24(32)18-8-9-18)19-6-3-7-21(13-19)25(26,27)28/h2-7,12-13,18,20,22H,8-11,14-15H2,1H3,(H,29,31)/t20-,22-/m0/s1. The molecule has 0 aromatic heterocycles. The van der Waals surface area contributed by atoms with Gasteiger partial charge in [-0.1, -0.05) is 42.0 Å². The summed E-state index contributed by atoms with van der Waals surface area (Å²) in [5.41, 5.74) is 1.88. The monoisotopic (exact) mass is 444 g/mol. The van der Waals surface area contributed by atoms with Crippen LogP contribution in [0, 0.1) is 18.8 Å². The molecule has 2 aromatic rings. The molecule has 1 N–H and O–H groups in total. The molecule has 4 nitrogen and oxygen atoms in total. The molecule has 2 fully saturated rings. The highest BCUT2D eigenvalue weighted by atomic mass is 19.4. The molecule has 0 radical (unpaired) electrons. The summed E-state index contributed by atoms with van der Waals surface area (Å²) in [6.07, 6.45) is -1.85. The fourth-order valence-electron chi connectivity index (χ4n) is 4.42. The molecule has 2 aliphatic rings. The number of likely N-dealkylation sites (tertiary alicyclic amines) is 1. The number of halogens is 3. The SMILES string of the molecule is Cc1cccc(CNC(=O)[C@H]2CC[C@@H](c3cccc(C(F)(F)F)c3)N(C(=O)C3CC3)C2)c1. The minimum Gasteiger partial charge on any atom is -0.352 e. The van der Waals surface area contributed by atoms with E-state index >= 15 is 0 Å². The number of hydrogen-bond donors (Lipinski definition) is 1. The van der Waals surface area contributed by atoms with Gasteiger partial charge in [-0.3, -0.25) is 9.59 Å². The van der Waals surface area contributed by atoms with Crippen molar-refractivity contribution >= 4 is 11.8 Å². The maximum atomic E-state index is 13.2. The lowest BCUT2D eigenvalue weighted by Crippen LogP contribution is -2.47. The third kappa shape index (κ3) is 5.14. The van der Waals surface area contributed by atoms with Crippen LogP contribution >= 0.6 is 0 Å². The Bertz CT molecular complexity index is 1000. The van der Waals surface area contributed by atoms with Crippen LogP contribution in [0.25, 0.3) is 0 Å². The summed E-state index contributed by atoms with van der Waals surface area (Å²) in [7, 11) is 0. The minimum atomic E-state index is -4.44. The number of nitrogens with zero attached hydrogens (tertiary/aromatic N) is 1. The second-order valence-electron chi connectivity index (χ2n) is 8.89. The van der Waals surface area contributed by atoms with Gasteiger partial charge in [0.2, 0.25) is 11.8 Å². The topological polar surface area (TPSA) is 49.4 Å². The third-order valence-electron chi connectivity index (χ3n) is 6.31. The van der Waals surface area contributed by atoms with E-state index in [1.807, 2.05) is 31.2 Å². The van der Waals surface area contributed by atoms with Crippen LogP contribution < -0.4 is 5.32 Å². The molecule has 2 amide bonds. The number of nitrogens with one attached hydrogen (secondary N) is 1. The average molecular weight is 444 g/mol. The fraction of sp³-hybridized carbons (Fsp3) is 0.440. The molecule has 170 valence electrons. The smallest absolute Gasteiger partial charge is 0.352 e. The number of aryl methyl sites for hydroxylation is 1. The Morgan fingerprint density at radius 3 is 2.41 bits per heavy atom. The van der Waals surface area contributed by atoms with E-state index < -0.39 is 17.8 Å². The van der Waals surface area contributed by atoms with Gasteiger partial charge in [-0.15, -0.1) is 0 Å². The Hall–Kier alpha value is -2.83. The Morgan fingerprint density at radius 2 is 1.72 bits per heavy atom. The van der Waals surface area contributed by atoms with Crippen molar-refractivity contribution in [3.63, 3.8) is 0 Å². The largest absolute Gasteiger partial charge is 0.416 e. The first-order valence-corrected chi connectivity index (χ1v) is 11.0. The molecule has 1 aliphatic heterocycles. The second kappa shape index (κ2) is 8.96. The van der Waals surface area contributed by atoms with Crippen LogP contribution in [-0.4, -0.2) is 23.3 Å². The van der Waals surface area contributed by atoms with E-state index in [4.69, 9.17) is 0 Å². The quantitative estimate of drug-likeness (QED) is 0.704. The van der Waals surface area contributed by atoms with E-state index in [2.05, 4.69) is 5.32 Å². The number of rotatable bonds is 5. The lowest BCUT2D eigenvalue weighted by atomic mass is 9.87. The molecule has 1 heterocycles. The zero-order valence-electron chi connectivity index (χ0n) is 18.0. The highest BCUT2D eigenvalue weighted by Crippen LogP contribution is 2.40. The molecule has 7 heteroatoms. The molecule has 2 aromatic carbocycles. The van der Waals surface area contributed by atoms with Gasteiger partial charge >= 0.3 is 6.18 Å². The van der Waals surface area contributed by atoms with Crippen LogP contribution in [-0.2, 0) is 22.3 Å². The van der Waals surface area contributed by atoms with Gasteiger partial charge in [0.25, 0.3) is 0 Å². The maximum absolute atomic E-state index is 13.2. The predicted octanol–water partition coefficient (Wildman–Crippen LogP) is 5.02. The van der Waals surface area contributed by atoms with Crippen molar-refractivity contribution in [2.24, 2.45) is 11.8 Å². The zero-order chi connectivity index (χ0) is 22.9. The normalized spacial score (nSPS) is 21.3. The van der Waals surface area contributed by atoms with E-state index in [0.717, 1.165) is 36.1 Å². The van der Waals surface area contributed by atoms with Gasteiger partial charge in [0.15, 0.2) is 0 Å². The average Bonchev–Trinajstić information content (AvgIpc) is 3.62. The number of piperidine rings is 1. The summed E-state index contributed by atoms with van der Waals surface area (Å²) in [6, 6.07) is 12.6. The van der Waals surface area contributed by atoms with Crippen molar-refractivity contribution < 1.29 is 22.8 Å². The lowest BCUT2D eigenvalue weighted by Gasteiger charge is -2.40. The van der Waals surface area contributed by atoms with Gasteiger partial charge in [0, 0.05) is 19.0 Å². The molecule has 2 atom stereocenters. The first-order valence-electron chi connectivity index (χ1n) is 11.0. The Balaban J connectivity index is 1.48. The minimum absolute atomic E-state index is 0.0522. The predicted molar refractivity (Wildman–Crippen MR) is 114 cm³/mol. The Labute approximate surface area is 185 Å². The van der Waals surface area contributed by atoms with Crippen LogP contribution in [0.4, 0.5) is 13.2 Å². The second-order valence-corrected chi connectivity index (χ2v) is 8.89. The first-order chi connectivity index (χ1) is 15.2. The van der Waals surface area contributed by atoms with E-state index in [9.17, 15) is 22.8 Å². The van der Waals surface area contributed by atoms with Crippen LogP contribution in [0.15, 0.2) is 48.5 Å². The van der Waals surface area contributed by atoms with E-state index in [1.54, 1.807) is 11.0 Å². The summed E-state index contributed by atoms with van der Waals surface area (Å²) >= 11 is 0. The summed E-state index contributed by atoms with van der Waals surface area (Å²) < 4.78 is 39.6. The highest BCUT2D eigenvalue weighted by molar-refractivity contribution is 5.84. The van der Waals surface area contributed by atoms with Crippen LogP contribution in [0.1, 0.15) is 54.0 Å². The number of carbonyl (C=O) groups excluding carboxylic acids is 2. The lowest BCUT2D eigenvalue weighted by molar-refractivity contribution is -0.140. The van der Waals surface area contributed by atoms with E-state index in [-0.39, 0.29) is 30.2 Å². The highest BCUT2D eigenvalue weighted by Gasteiger charge is 2.41. The molecular weight excluding hydrogens is 417 g/mol. The van der Waals surface area contributed by atoms with Crippen molar-refractivity contribution in [1.82, 2.24) is 10.2 Å². The van der Waals surface area contributed by atoms with Crippen LogP contribution in [0.5, 0.6) is 0 Å². The molecule has 32 heavy (non-hydrogen) atoms. The van der Waals surface area contributed by atoms with Crippen molar-refractivity contribution in [2.45, 2.75) is 51.4 Å². The maximum Gasteiger partial charge on any atom is 0.416 e. The number of hydrogen-bond acceptors (Lipinski definition) is 2.